The van der Waals surface area contributed by atoms with Crippen LogP contribution in [0.4, 0.5) is 17.6 Å². The Kier molecular flexibility index (Phi) is 8.12. The first-order chi connectivity index (χ1) is 16.3. The average molecular weight is 535 g/mol. The molecule has 2 amide bonds. The lowest BCUT2D eigenvalue weighted by atomic mass is 9.84. The molecule has 1 aliphatic carbocycles. The number of nitrogens with zero attached hydrogens (tertiary/aromatic N) is 2. The highest BCUT2D eigenvalue weighted by molar-refractivity contribution is 7.11. The molecule has 2 aromatic rings. The molecule has 1 aromatic carbocycles. The van der Waals surface area contributed by atoms with Crippen LogP contribution >= 0.6 is 22.9 Å². The molecule has 0 saturated heterocycles. The topological polar surface area (TPSA) is 88.3 Å². The van der Waals surface area contributed by atoms with Crippen LogP contribution in [-0.2, 0) is 11.2 Å². The van der Waals surface area contributed by atoms with Crippen molar-refractivity contribution in [1.82, 2.24) is 15.2 Å². The van der Waals surface area contributed by atoms with E-state index in [4.69, 9.17) is 17.3 Å². The van der Waals surface area contributed by atoms with Crippen molar-refractivity contribution in [3.63, 3.8) is 0 Å². The number of hydrogen-bond donors (Lipinski definition) is 2. The number of halogens is 5. The summed E-state index contributed by atoms with van der Waals surface area (Å²) in [5.74, 6) is -3.37. The van der Waals surface area contributed by atoms with Gasteiger partial charge in [0.2, 0.25) is 5.91 Å². The van der Waals surface area contributed by atoms with Crippen LogP contribution in [0.3, 0.4) is 0 Å². The molecule has 0 bridgehead atoms. The fourth-order valence-corrected chi connectivity index (χ4v) is 5.43. The van der Waals surface area contributed by atoms with Gasteiger partial charge in [-0.15, -0.1) is 11.3 Å². The smallest absolute Gasteiger partial charge is 0.366 e. The second-order valence-corrected chi connectivity index (χ2v) is 10.7. The molecule has 1 heterocycles. The number of alkyl halides is 3. The molecular weight excluding hydrogens is 508 g/mol. The van der Waals surface area contributed by atoms with Crippen molar-refractivity contribution in [3.05, 3.63) is 50.2 Å². The van der Waals surface area contributed by atoms with Gasteiger partial charge in [0, 0.05) is 36.0 Å². The van der Waals surface area contributed by atoms with Crippen molar-refractivity contribution in [2.75, 3.05) is 20.6 Å². The fraction of sp³-hybridized carbons (Fsp3) is 0.522. The van der Waals surface area contributed by atoms with Gasteiger partial charge in [0.05, 0.1) is 21.0 Å². The SMILES string of the molecule is Cc1ncc(C(CC(=O)NCC(Cc2ccc(C(N)=O)c(F)c2Cl)N(C)C)C2(C(F)(F)F)CC2)s1. The van der Waals surface area contributed by atoms with Crippen molar-refractivity contribution in [2.45, 2.75) is 50.7 Å². The maximum atomic E-state index is 14.4. The number of amides is 2. The minimum atomic E-state index is -4.42. The summed E-state index contributed by atoms with van der Waals surface area (Å²) < 4.78 is 56.0. The molecule has 6 nitrogen and oxygen atoms in total. The zero-order valence-electron chi connectivity index (χ0n) is 19.5. The third-order valence-electron chi connectivity index (χ3n) is 6.54. The van der Waals surface area contributed by atoms with E-state index in [1.165, 1.54) is 29.7 Å². The molecule has 1 aliphatic rings. The maximum Gasteiger partial charge on any atom is 0.395 e. The molecule has 12 heteroatoms. The van der Waals surface area contributed by atoms with E-state index in [1.54, 1.807) is 25.9 Å². The van der Waals surface area contributed by atoms with Crippen molar-refractivity contribution in [3.8, 4) is 0 Å². The average Bonchev–Trinajstić information content (AvgIpc) is 3.47. The number of carbonyl (C=O) groups is 2. The fourth-order valence-electron chi connectivity index (χ4n) is 4.19. The molecule has 0 radical (unpaired) electrons. The van der Waals surface area contributed by atoms with Gasteiger partial charge in [-0.2, -0.15) is 13.2 Å². The predicted octanol–water partition coefficient (Wildman–Crippen LogP) is 4.45. The standard InChI is InChI=1S/C23H27ClF4N4O2S/c1-12-30-11-17(35-12)16(22(6-7-22)23(26,27)28)9-18(33)31-10-14(32(2)3)8-13-4-5-15(21(29)34)20(25)19(13)24/h4-5,11,14,16H,6-10H2,1-3H3,(H2,29,34)(H,31,33). The van der Waals surface area contributed by atoms with Crippen LogP contribution in [0.1, 0.15) is 51.0 Å². The van der Waals surface area contributed by atoms with Crippen molar-refractivity contribution < 1.29 is 27.2 Å². The van der Waals surface area contributed by atoms with Gasteiger partial charge >= 0.3 is 6.18 Å². The first-order valence-electron chi connectivity index (χ1n) is 11.0. The van der Waals surface area contributed by atoms with E-state index < -0.39 is 35.1 Å². The number of nitrogens with one attached hydrogen (secondary N) is 1. The second kappa shape index (κ2) is 10.4. The normalized spacial score (nSPS) is 16.7. The summed E-state index contributed by atoms with van der Waals surface area (Å²) in [5.41, 5.74) is 3.33. The van der Waals surface area contributed by atoms with Crippen LogP contribution in [0.25, 0.3) is 0 Å². The maximum absolute atomic E-state index is 14.4. The molecule has 0 aliphatic heterocycles. The van der Waals surface area contributed by atoms with E-state index in [-0.39, 0.29) is 48.9 Å². The lowest BCUT2D eigenvalue weighted by Crippen LogP contribution is -2.42. The molecule has 3 rings (SSSR count). The summed E-state index contributed by atoms with van der Waals surface area (Å²) in [5, 5.41) is 3.14. The van der Waals surface area contributed by atoms with Crippen LogP contribution in [-0.4, -0.2) is 54.6 Å². The van der Waals surface area contributed by atoms with Crippen LogP contribution in [0.2, 0.25) is 5.02 Å². The van der Waals surface area contributed by atoms with E-state index in [2.05, 4.69) is 10.3 Å². The van der Waals surface area contributed by atoms with Gasteiger partial charge in [0.1, 0.15) is 0 Å². The molecule has 2 atom stereocenters. The van der Waals surface area contributed by atoms with E-state index >= 15 is 0 Å². The zero-order chi connectivity index (χ0) is 26.1. The number of carbonyl (C=O) groups excluding carboxylic acids is 2. The van der Waals surface area contributed by atoms with Crippen LogP contribution in [0.15, 0.2) is 18.3 Å². The first kappa shape index (κ1) is 27.3. The number of rotatable bonds is 10. The number of hydrogen-bond acceptors (Lipinski definition) is 5. The molecule has 35 heavy (non-hydrogen) atoms. The summed E-state index contributed by atoms with van der Waals surface area (Å²) in [6.07, 6.45) is -3.11. The largest absolute Gasteiger partial charge is 0.395 e. The molecule has 0 spiro atoms. The number of primary amides is 1. The summed E-state index contributed by atoms with van der Waals surface area (Å²) in [4.78, 5) is 30.4. The Labute approximate surface area is 209 Å². The third-order valence-corrected chi connectivity index (χ3v) is 7.98. The number of likely N-dealkylation sites (N-methyl/N-ethyl adjacent to an activating group) is 1. The molecular formula is C23H27ClF4N4O2S. The Bertz CT molecular complexity index is 1100. The summed E-state index contributed by atoms with van der Waals surface area (Å²) in [6, 6.07) is 2.40. The quantitative estimate of drug-likeness (QED) is 0.441. The second-order valence-electron chi connectivity index (χ2n) is 9.08. The van der Waals surface area contributed by atoms with Gasteiger partial charge in [0.25, 0.3) is 5.91 Å². The van der Waals surface area contributed by atoms with Crippen molar-refractivity contribution in [2.24, 2.45) is 11.1 Å². The minimum Gasteiger partial charge on any atom is -0.366 e. The van der Waals surface area contributed by atoms with Crippen LogP contribution in [0, 0.1) is 18.2 Å². The van der Waals surface area contributed by atoms with Crippen molar-refractivity contribution >= 4 is 34.8 Å². The molecule has 1 aromatic heterocycles. The Balaban J connectivity index is 1.71. The van der Waals surface area contributed by atoms with Crippen LogP contribution < -0.4 is 11.1 Å². The third kappa shape index (κ3) is 5.95. The molecule has 192 valence electrons. The number of aromatic nitrogens is 1. The van der Waals surface area contributed by atoms with Gasteiger partial charge in [-0.25, -0.2) is 9.37 Å². The number of nitrogens with two attached hydrogens (primary N) is 1. The van der Waals surface area contributed by atoms with E-state index in [9.17, 15) is 27.2 Å². The molecule has 1 fully saturated rings. The zero-order valence-corrected chi connectivity index (χ0v) is 21.1. The Morgan fingerprint density at radius 3 is 2.46 bits per heavy atom. The first-order valence-corrected chi connectivity index (χ1v) is 12.1. The molecule has 2 unspecified atom stereocenters. The van der Waals surface area contributed by atoms with Gasteiger partial charge in [0.15, 0.2) is 5.82 Å². The van der Waals surface area contributed by atoms with E-state index in [1.807, 2.05) is 0 Å². The molecule has 1 saturated carbocycles. The van der Waals surface area contributed by atoms with Gasteiger partial charge < -0.3 is 16.0 Å². The monoisotopic (exact) mass is 534 g/mol. The van der Waals surface area contributed by atoms with E-state index in [0.29, 0.717) is 15.4 Å². The summed E-state index contributed by atoms with van der Waals surface area (Å²) in [6.45, 7) is 1.82. The van der Waals surface area contributed by atoms with Crippen molar-refractivity contribution in [1.29, 1.82) is 0 Å². The highest BCUT2D eigenvalue weighted by atomic mass is 35.5. The Hall–Kier alpha value is -2.24. The lowest BCUT2D eigenvalue weighted by Gasteiger charge is -2.29. The molecule has 3 N–H and O–H groups in total. The summed E-state index contributed by atoms with van der Waals surface area (Å²) in [7, 11) is 3.51. The predicted molar refractivity (Wildman–Crippen MR) is 126 cm³/mol. The number of benzene rings is 1. The van der Waals surface area contributed by atoms with Gasteiger partial charge in [-0.3, -0.25) is 9.59 Å². The highest BCUT2D eigenvalue weighted by Crippen LogP contribution is 2.66. The number of thiazole rings is 1. The summed E-state index contributed by atoms with van der Waals surface area (Å²) >= 11 is 7.27. The lowest BCUT2D eigenvalue weighted by molar-refractivity contribution is -0.194. The minimum absolute atomic E-state index is 0.0168. The van der Waals surface area contributed by atoms with E-state index in [0.717, 1.165) is 0 Å². The van der Waals surface area contributed by atoms with Crippen LogP contribution in [0.5, 0.6) is 0 Å². The van der Waals surface area contributed by atoms with Gasteiger partial charge in [-0.1, -0.05) is 17.7 Å². The Morgan fingerprint density at radius 2 is 1.97 bits per heavy atom. The highest BCUT2D eigenvalue weighted by Gasteiger charge is 2.67. The van der Waals surface area contributed by atoms with Gasteiger partial charge in [-0.05, 0) is 51.9 Å². The Morgan fingerprint density at radius 1 is 1.31 bits per heavy atom. The number of aryl methyl sites for hydroxylation is 1.